The molecule has 2 nitrogen and oxygen atoms in total. The number of rotatable bonds is 1. The largest absolute Gasteiger partial charge is 0.212 e. The van der Waals surface area contributed by atoms with Crippen molar-refractivity contribution in [1.29, 1.82) is 0 Å². The van der Waals surface area contributed by atoms with Crippen molar-refractivity contribution < 1.29 is 0 Å². The lowest BCUT2D eigenvalue weighted by Gasteiger charge is -2.16. The number of nitrogens with zero attached hydrogens (tertiary/aromatic N) is 2. The van der Waals surface area contributed by atoms with Crippen molar-refractivity contribution >= 4 is 63.1 Å². The van der Waals surface area contributed by atoms with E-state index in [4.69, 9.17) is 46.0 Å². The molecule has 2 rings (SSSR count). The van der Waals surface area contributed by atoms with Crippen molar-refractivity contribution in [1.82, 2.24) is 0 Å². The van der Waals surface area contributed by atoms with E-state index < -0.39 is 6.56 Å². The van der Waals surface area contributed by atoms with E-state index in [0.29, 0.717) is 0 Å². The van der Waals surface area contributed by atoms with Gasteiger partial charge in [-0.3, -0.25) is 0 Å². The van der Waals surface area contributed by atoms with Crippen LogP contribution >= 0.6 is 52.6 Å². The molecular weight excluding hydrogens is 309 g/mol. The molecule has 0 radical (unpaired) electrons. The predicted molar refractivity (Wildman–Crippen MR) is 73.3 cm³/mol. The minimum Gasteiger partial charge on any atom is -0.212 e. The second-order valence-corrected chi connectivity index (χ2v) is 7.43. The highest BCUT2D eigenvalue weighted by Crippen LogP contribution is 2.59. The first-order valence-corrected chi connectivity index (χ1v) is 7.95. The van der Waals surface area contributed by atoms with Crippen LogP contribution in [0.4, 0.5) is 0 Å². The minimum absolute atomic E-state index is 0.105. The molecule has 0 saturated carbocycles. The zero-order valence-electron chi connectivity index (χ0n) is 7.74. The van der Waals surface area contributed by atoms with Crippen molar-refractivity contribution in [2.45, 2.75) is 0 Å². The van der Waals surface area contributed by atoms with Crippen molar-refractivity contribution in [3.05, 3.63) is 40.5 Å². The van der Waals surface area contributed by atoms with Gasteiger partial charge in [-0.2, -0.15) is 0 Å². The molecule has 0 bridgehead atoms. The van der Waals surface area contributed by atoms with Gasteiger partial charge in [0, 0.05) is 5.30 Å². The summed E-state index contributed by atoms with van der Waals surface area (Å²) in [5.41, 5.74) is 0. The second-order valence-electron chi connectivity index (χ2n) is 2.96. The molecular formula is C9H5Cl4N2P. The third kappa shape index (κ3) is 2.32. The quantitative estimate of drug-likeness (QED) is 0.521. The Morgan fingerprint density at radius 3 is 2.19 bits per heavy atom. The molecule has 84 valence electrons. The summed E-state index contributed by atoms with van der Waals surface area (Å²) < 4.78 is 8.27. The molecule has 0 aliphatic carbocycles. The maximum atomic E-state index is 6.35. The summed E-state index contributed by atoms with van der Waals surface area (Å²) in [7, 11) is 0. The van der Waals surface area contributed by atoms with E-state index in [1.54, 1.807) is 0 Å². The minimum atomic E-state index is -2.59. The Labute approximate surface area is 113 Å². The fourth-order valence-corrected chi connectivity index (χ4v) is 4.76. The first-order chi connectivity index (χ1) is 7.53. The molecule has 0 amide bonds. The van der Waals surface area contributed by atoms with E-state index in [-0.39, 0.29) is 15.4 Å². The number of allylic oxidation sites excluding steroid dienone is 1. The number of benzene rings is 1. The summed E-state index contributed by atoms with van der Waals surface area (Å²) in [4.78, 5) is 0. The first kappa shape index (κ1) is 12.5. The van der Waals surface area contributed by atoms with Crippen molar-refractivity contribution in [2.75, 3.05) is 0 Å². The molecule has 1 atom stereocenters. The first-order valence-electron chi connectivity index (χ1n) is 4.22. The van der Waals surface area contributed by atoms with E-state index in [2.05, 4.69) is 9.51 Å². The summed E-state index contributed by atoms with van der Waals surface area (Å²) in [6.07, 6.45) is 0. The van der Waals surface area contributed by atoms with Gasteiger partial charge in [-0.25, -0.2) is 9.51 Å². The van der Waals surface area contributed by atoms with Crippen LogP contribution in [0.15, 0.2) is 50.0 Å². The van der Waals surface area contributed by atoms with Crippen LogP contribution < -0.4 is 5.30 Å². The van der Waals surface area contributed by atoms with E-state index in [1.807, 2.05) is 30.3 Å². The molecule has 0 aromatic heterocycles. The molecule has 1 heterocycles. The van der Waals surface area contributed by atoms with Gasteiger partial charge in [-0.1, -0.05) is 65.1 Å². The highest BCUT2D eigenvalue weighted by Gasteiger charge is 2.25. The maximum Gasteiger partial charge on any atom is 0.195 e. The van der Waals surface area contributed by atoms with Crippen molar-refractivity contribution in [2.24, 2.45) is 9.51 Å². The third-order valence-corrected chi connectivity index (χ3v) is 6.15. The average Bonchev–Trinajstić information content (AvgIpc) is 2.27. The Balaban J connectivity index is 2.63. The van der Waals surface area contributed by atoms with Gasteiger partial charge in [0.05, 0.1) is 0 Å². The predicted octanol–water partition coefficient (Wildman–Crippen LogP) is 4.88. The fraction of sp³-hybridized carbons (Fsp3) is 0. The highest BCUT2D eigenvalue weighted by atomic mass is 35.7. The molecule has 7 heteroatoms. The summed E-state index contributed by atoms with van der Waals surface area (Å²) in [6.45, 7) is -2.59. The van der Waals surface area contributed by atoms with Gasteiger partial charge in [0.1, 0.15) is 5.03 Å². The third-order valence-electron chi connectivity index (χ3n) is 1.89. The summed E-state index contributed by atoms with van der Waals surface area (Å²) in [6, 6.07) is 9.26. The molecule has 1 aromatic rings. The van der Waals surface area contributed by atoms with E-state index in [0.717, 1.165) is 5.30 Å². The second kappa shape index (κ2) is 4.72. The Morgan fingerprint density at radius 1 is 1.00 bits per heavy atom. The molecule has 0 N–H and O–H groups in total. The van der Waals surface area contributed by atoms with Crippen LogP contribution in [0.2, 0.25) is 0 Å². The molecule has 0 saturated heterocycles. The fourth-order valence-electron chi connectivity index (χ4n) is 1.16. The lowest BCUT2D eigenvalue weighted by molar-refractivity contribution is 1.51. The number of hydrogen-bond acceptors (Lipinski definition) is 2. The van der Waals surface area contributed by atoms with Crippen LogP contribution in [0.5, 0.6) is 0 Å². The lowest BCUT2D eigenvalue weighted by atomic mass is 10.4. The van der Waals surface area contributed by atoms with Gasteiger partial charge in [-0.05, 0) is 11.2 Å². The SMILES string of the molecule is ClC1=NP(Cl)(c2ccccc2)=NC(Cl)=C1Cl. The zero-order valence-corrected chi connectivity index (χ0v) is 11.7. The summed E-state index contributed by atoms with van der Waals surface area (Å²) in [5, 5.41) is 1.13. The maximum absolute atomic E-state index is 6.35. The van der Waals surface area contributed by atoms with E-state index >= 15 is 0 Å². The van der Waals surface area contributed by atoms with Gasteiger partial charge in [-0.15, -0.1) is 0 Å². The van der Waals surface area contributed by atoms with Crippen molar-refractivity contribution in [3.8, 4) is 0 Å². The standard InChI is InChI=1S/C9H5Cl4N2P/c10-7-8(11)14-16(13,15-9(7)12)6-4-2-1-3-5-6/h1-5H. The summed E-state index contributed by atoms with van der Waals surface area (Å²) in [5.74, 6) is 0. The van der Waals surface area contributed by atoms with Gasteiger partial charge in [0.25, 0.3) is 0 Å². The molecule has 0 fully saturated rings. The Bertz CT molecular complexity index is 536. The normalized spacial score (nSPS) is 25.1. The molecule has 1 unspecified atom stereocenters. The van der Waals surface area contributed by atoms with E-state index in [9.17, 15) is 0 Å². The highest BCUT2D eigenvalue weighted by molar-refractivity contribution is 7.96. The van der Waals surface area contributed by atoms with Crippen molar-refractivity contribution in [3.63, 3.8) is 0 Å². The van der Waals surface area contributed by atoms with Gasteiger partial charge < -0.3 is 0 Å². The topological polar surface area (TPSA) is 24.7 Å². The van der Waals surface area contributed by atoms with Crippen LogP contribution in [-0.4, -0.2) is 5.17 Å². The molecule has 1 aliphatic heterocycles. The zero-order chi connectivity index (χ0) is 11.8. The molecule has 1 aliphatic rings. The number of hydrogen-bond donors (Lipinski definition) is 0. The van der Waals surface area contributed by atoms with Gasteiger partial charge in [0.2, 0.25) is 0 Å². The van der Waals surface area contributed by atoms with Crippen LogP contribution in [0.25, 0.3) is 0 Å². The number of halogens is 4. The van der Waals surface area contributed by atoms with E-state index in [1.165, 1.54) is 0 Å². The Kier molecular flexibility index (Phi) is 3.68. The Morgan fingerprint density at radius 2 is 1.62 bits per heavy atom. The molecule has 16 heavy (non-hydrogen) atoms. The Hall–Kier alpha value is 0.0200. The van der Waals surface area contributed by atoms with Crippen LogP contribution in [-0.2, 0) is 0 Å². The molecule has 1 aromatic carbocycles. The summed E-state index contributed by atoms with van der Waals surface area (Å²) >= 11 is 23.8. The van der Waals surface area contributed by atoms with Gasteiger partial charge >= 0.3 is 0 Å². The average molecular weight is 314 g/mol. The lowest BCUT2D eigenvalue weighted by Crippen LogP contribution is -2.03. The monoisotopic (exact) mass is 312 g/mol. The molecule has 0 spiro atoms. The van der Waals surface area contributed by atoms with Crippen LogP contribution in [0.3, 0.4) is 0 Å². The smallest absolute Gasteiger partial charge is 0.195 e. The van der Waals surface area contributed by atoms with Gasteiger partial charge in [0.15, 0.2) is 16.9 Å². The van der Waals surface area contributed by atoms with Crippen LogP contribution in [0.1, 0.15) is 0 Å². The van der Waals surface area contributed by atoms with Crippen LogP contribution in [0, 0.1) is 0 Å².